The first-order chi connectivity index (χ1) is 15.1. The molecule has 0 aromatic heterocycles. The zero-order valence-electron chi connectivity index (χ0n) is 21.4. The molecule has 1 N–H and O–H groups in total. The van der Waals surface area contributed by atoms with Crippen molar-refractivity contribution in [3.05, 3.63) is 11.6 Å². The Kier molecular flexibility index (Phi) is 6.87. The van der Waals surface area contributed by atoms with Crippen LogP contribution in [-0.4, -0.2) is 35.3 Å². The van der Waals surface area contributed by atoms with Gasteiger partial charge in [-0.3, -0.25) is 9.63 Å². The van der Waals surface area contributed by atoms with Crippen LogP contribution in [0, 0.1) is 40.4 Å². The van der Waals surface area contributed by atoms with Crippen LogP contribution in [0.5, 0.6) is 0 Å². The molecule has 4 aliphatic rings. The van der Waals surface area contributed by atoms with Crippen LogP contribution in [0.15, 0.2) is 11.6 Å². The van der Waals surface area contributed by atoms with E-state index in [-0.39, 0.29) is 18.1 Å². The maximum atomic E-state index is 12.5. The lowest BCUT2D eigenvalue weighted by molar-refractivity contribution is -0.191. The molecule has 0 unspecified atom stereocenters. The van der Waals surface area contributed by atoms with Crippen LogP contribution in [0.25, 0.3) is 0 Å². The summed E-state index contributed by atoms with van der Waals surface area (Å²) < 4.78 is 0. The summed E-state index contributed by atoms with van der Waals surface area (Å²) in [6, 6.07) is 0. The third-order valence-corrected chi connectivity index (χ3v) is 10.4. The molecule has 8 atom stereocenters. The zero-order chi connectivity index (χ0) is 23.3. The van der Waals surface area contributed by atoms with Crippen LogP contribution in [-0.2, 0) is 9.63 Å². The molecule has 4 aliphatic carbocycles. The van der Waals surface area contributed by atoms with Gasteiger partial charge >= 0.3 is 0 Å². The van der Waals surface area contributed by atoms with E-state index < -0.39 is 0 Å². The molecule has 3 fully saturated rings. The summed E-state index contributed by atoms with van der Waals surface area (Å²) >= 11 is 0. The second kappa shape index (κ2) is 9.06. The number of aliphatic hydroxyl groups is 1. The van der Waals surface area contributed by atoms with Crippen molar-refractivity contribution in [2.45, 2.75) is 111 Å². The van der Waals surface area contributed by atoms with Crippen molar-refractivity contribution >= 4 is 5.91 Å². The van der Waals surface area contributed by atoms with Gasteiger partial charge in [-0.05, 0) is 112 Å². The number of amides is 1. The fourth-order valence-corrected chi connectivity index (χ4v) is 8.70. The first kappa shape index (κ1) is 24.3. The van der Waals surface area contributed by atoms with Gasteiger partial charge in [-0.2, -0.15) is 0 Å². The van der Waals surface area contributed by atoms with Crippen molar-refractivity contribution in [1.82, 2.24) is 5.06 Å². The molecule has 0 bridgehead atoms. The van der Waals surface area contributed by atoms with E-state index in [0.717, 1.165) is 42.9 Å². The largest absolute Gasteiger partial charge is 0.393 e. The van der Waals surface area contributed by atoms with Gasteiger partial charge in [-0.15, -0.1) is 0 Å². The van der Waals surface area contributed by atoms with Crippen LogP contribution < -0.4 is 0 Å². The summed E-state index contributed by atoms with van der Waals surface area (Å²) in [6.45, 7) is 11.4. The number of hydrogen-bond acceptors (Lipinski definition) is 3. The van der Waals surface area contributed by atoms with Gasteiger partial charge in [0.2, 0.25) is 5.91 Å². The molecule has 3 saturated carbocycles. The third-order valence-electron chi connectivity index (χ3n) is 10.4. The van der Waals surface area contributed by atoms with E-state index in [1.807, 2.05) is 13.8 Å². The Morgan fingerprint density at radius 1 is 1.16 bits per heavy atom. The van der Waals surface area contributed by atoms with E-state index in [9.17, 15) is 9.90 Å². The average Bonchev–Trinajstić information content (AvgIpc) is 3.09. The second-order valence-electron chi connectivity index (χ2n) is 12.4. The molecule has 4 rings (SSSR count). The van der Waals surface area contributed by atoms with Gasteiger partial charge in [0.25, 0.3) is 0 Å². The van der Waals surface area contributed by atoms with Gasteiger partial charge in [0.1, 0.15) is 0 Å². The van der Waals surface area contributed by atoms with E-state index in [1.165, 1.54) is 43.6 Å². The Morgan fingerprint density at radius 3 is 2.62 bits per heavy atom. The van der Waals surface area contributed by atoms with Crippen molar-refractivity contribution < 1.29 is 14.7 Å². The number of allylic oxidation sites excluding steroid dienone is 1. The van der Waals surface area contributed by atoms with Crippen molar-refractivity contribution in [1.29, 1.82) is 0 Å². The first-order valence-electron chi connectivity index (χ1n) is 13.4. The minimum absolute atomic E-state index is 0.0328. The van der Waals surface area contributed by atoms with Gasteiger partial charge < -0.3 is 5.11 Å². The van der Waals surface area contributed by atoms with Gasteiger partial charge in [0.15, 0.2) is 0 Å². The van der Waals surface area contributed by atoms with Gasteiger partial charge in [0, 0.05) is 13.5 Å². The maximum absolute atomic E-state index is 12.5. The van der Waals surface area contributed by atoms with Crippen molar-refractivity contribution in [3.63, 3.8) is 0 Å². The van der Waals surface area contributed by atoms with Crippen LogP contribution in [0.4, 0.5) is 0 Å². The summed E-state index contributed by atoms with van der Waals surface area (Å²) in [5, 5.41) is 11.7. The van der Waals surface area contributed by atoms with E-state index in [0.29, 0.717) is 23.2 Å². The van der Waals surface area contributed by atoms with Crippen LogP contribution in [0.1, 0.15) is 98.8 Å². The normalized spacial score (nSPS) is 42.0. The van der Waals surface area contributed by atoms with E-state index >= 15 is 0 Å². The summed E-state index contributed by atoms with van der Waals surface area (Å²) in [5.41, 5.74) is 2.30. The molecular formula is C28H47NO3. The third kappa shape index (κ3) is 4.19. The molecule has 0 saturated heterocycles. The minimum Gasteiger partial charge on any atom is -0.393 e. The number of hydroxylamine groups is 2. The molecule has 0 heterocycles. The van der Waals surface area contributed by atoms with Crippen LogP contribution in [0.3, 0.4) is 0 Å². The molecule has 0 radical (unpaired) electrons. The highest BCUT2D eigenvalue weighted by Gasteiger charge is 2.59. The summed E-state index contributed by atoms with van der Waals surface area (Å²) in [7, 11) is 1.75. The Balaban J connectivity index is 1.42. The van der Waals surface area contributed by atoms with E-state index in [1.54, 1.807) is 12.6 Å². The SMILES string of the molecule is CC(C)ON(C)C(=O)CC[C@@H](C)[C@H]1CC[C@H]2[C@@H]3CC=C4C[C@@H](O)CC[C@]4(C)[C@H]3CC[C@]12C. The van der Waals surface area contributed by atoms with E-state index in [2.05, 4.69) is 26.8 Å². The van der Waals surface area contributed by atoms with Crippen LogP contribution >= 0.6 is 0 Å². The van der Waals surface area contributed by atoms with Crippen LogP contribution in [0.2, 0.25) is 0 Å². The number of carbonyl (C=O) groups is 1. The standard InChI is InChI=1S/C28H47NO3/c1-18(2)32-29(6)26(31)12-7-19(3)23-10-11-24-22-9-8-20-17-21(30)13-15-27(20,4)25(22)14-16-28(23,24)5/h8,18-19,21-25,30H,7,9-17H2,1-6H3/t19-,21+,22+,23-,24+,25+,27+,28-/m1/s1. The summed E-state index contributed by atoms with van der Waals surface area (Å²) in [4.78, 5) is 18.1. The lowest BCUT2D eigenvalue weighted by Gasteiger charge is -2.58. The molecule has 182 valence electrons. The lowest BCUT2D eigenvalue weighted by Crippen LogP contribution is -2.50. The summed E-state index contributed by atoms with van der Waals surface area (Å²) in [6.07, 6.45) is 13.6. The molecule has 0 aliphatic heterocycles. The fraction of sp³-hybridized carbons (Fsp3) is 0.893. The molecule has 0 aromatic carbocycles. The lowest BCUT2D eigenvalue weighted by atomic mass is 9.47. The van der Waals surface area contributed by atoms with Gasteiger partial charge in [-0.1, -0.05) is 32.4 Å². The maximum Gasteiger partial charge on any atom is 0.245 e. The van der Waals surface area contributed by atoms with Crippen molar-refractivity contribution in [3.8, 4) is 0 Å². The molecule has 0 aromatic rings. The number of hydrogen-bond donors (Lipinski definition) is 1. The Labute approximate surface area is 196 Å². The molecule has 0 spiro atoms. The number of fused-ring (bicyclic) bond motifs is 5. The average molecular weight is 446 g/mol. The fourth-order valence-electron chi connectivity index (χ4n) is 8.70. The smallest absolute Gasteiger partial charge is 0.245 e. The van der Waals surface area contributed by atoms with Crippen molar-refractivity contribution in [2.24, 2.45) is 40.4 Å². The highest BCUT2D eigenvalue weighted by Crippen LogP contribution is 2.67. The van der Waals surface area contributed by atoms with E-state index in [4.69, 9.17) is 4.84 Å². The topological polar surface area (TPSA) is 49.8 Å². The minimum atomic E-state index is -0.121. The number of rotatable bonds is 6. The van der Waals surface area contributed by atoms with Gasteiger partial charge in [-0.25, -0.2) is 5.06 Å². The zero-order valence-corrected chi connectivity index (χ0v) is 21.4. The van der Waals surface area contributed by atoms with Crippen molar-refractivity contribution in [2.75, 3.05) is 7.05 Å². The predicted molar refractivity (Wildman–Crippen MR) is 129 cm³/mol. The Morgan fingerprint density at radius 2 is 1.91 bits per heavy atom. The molecule has 1 amide bonds. The predicted octanol–water partition coefficient (Wildman–Crippen LogP) is 6.14. The second-order valence-corrected chi connectivity index (χ2v) is 12.4. The number of nitrogens with zero attached hydrogens (tertiary/aromatic N) is 1. The summed E-state index contributed by atoms with van der Waals surface area (Å²) in [5.74, 6) is 3.83. The Hall–Kier alpha value is -0.870. The molecule has 32 heavy (non-hydrogen) atoms. The number of aliphatic hydroxyl groups excluding tert-OH is 1. The number of carbonyl (C=O) groups excluding carboxylic acids is 1. The first-order valence-corrected chi connectivity index (χ1v) is 13.4. The molecule has 4 nitrogen and oxygen atoms in total. The monoisotopic (exact) mass is 445 g/mol. The molecular weight excluding hydrogens is 398 g/mol. The molecule has 4 heteroatoms. The highest BCUT2D eigenvalue weighted by molar-refractivity contribution is 5.74. The quantitative estimate of drug-likeness (QED) is 0.394. The van der Waals surface area contributed by atoms with Gasteiger partial charge in [0.05, 0.1) is 12.2 Å². The highest BCUT2D eigenvalue weighted by atomic mass is 16.7. The Bertz CT molecular complexity index is 732.